The first-order valence-corrected chi connectivity index (χ1v) is 13.0. The van der Waals surface area contributed by atoms with E-state index in [1.807, 2.05) is 0 Å². The Hall–Kier alpha value is -2.34. The first-order valence-electron chi connectivity index (χ1n) is 13.0. The Labute approximate surface area is 203 Å². The van der Waals surface area contributed by atoms with Crippen LogP contribution < -0.4 is 0 Å². The minimum Gasteiger partial charge on any atom is -0.0613 e. The lowest BCUT2D eigenvalue weighted by atomic mass is 9.87. The lowest BCUT2D eigenvalue weighted by Gasteiger charge is -2.18. The van der Waals surface area contributed by atoms with Gasteiger partial charge in [-0.2, -0.15) is 0 Å². The normalized spacial score (nSPS) is 11.7. The molecule has 0 spiro atoms. The number of rotatable bonds is 9. The van der Waals surface area contributed by atoms with Gasteiger partial charge >= 0.3 is 0 Å². The molecule has 0 aromatic heterocycles. The van der Waals surface area contributed by atoms with Crippen LogP contribution in [0.5, 0.6) is 0 Å². The van der Waals surface area contributed by atoms with Gasteiger partial charge in [-0.25, -0.2) is 0 Å². The van der Waals surface area contributed by atoms with Crippen molar-refractivity contribution in [2.45, 2.75) is 93.4 Å². The molecule has 0 amide bonds. The summed E-state index contributed by atoms with van der Waals surface area (Å²) in [7, 11) is 0. The van der Waals surface area contributed by atoms with Gasteiger partial charge in [0.25, 0.3) is 0 Å². The second-order valence-corrected chi connectivity index (χ2v) is 11.1. The molecule has 0 saturated carbocycles. The number of hydrogen-bond acceptors (Lipinski definition) is 0. The van der Waals surface area contributed by atoms with Crippen molar-refractivity contribution in [3.8, 4) is 0 Å². The highest BCUT2D eigenvalue weighted by molar-refractivity contribution is 5.40. The zero-order chi connectivity index (χ0) is 24.0. The third-order valence-corrected chi connectivity index (χ3v) is 6.63. The average Bonchev–Trinajstić information content (AvgIpc) is 2.76. The fraction of sp³-hybridized carbons (Fsp3) is 0.455. The first kappa shape index (κ1) is 25.3. The third kappa shape index (κ3) is 7.88. The molecule has 0 heteroatoms. The van der Waals surface area contributed by atoms with E-state index in [9.17, 15) is 0 Å². The Bertz CT molecular complexity index is 1060. The van der Waals surface area contributed by atoms with Crippen LogP contribution >= 0.6 is 0 Å². The molecule has 0 N–H and O–H groups in total. The van der Waals surface area contributed by atoms with Crippen LogP contribution in [0.2, 0.25) is 0 Å². The zero-order valence-corrected chi connectivity index (χ0v) is 22.1. The maximum atomic E-state index is 2.46. The van der Waals surface area contributed by atoms with E-state index in [4.69, 9.17) is 0 Å². The molecule has 3 aromatic carbocycles. The summed E-state index contributed by atoms with van der Waals surface area (Å²) in [4.78, 5) is 0. The van der Waals surface area contributed by atoms with Crippen LogP contribution in [0, 0.1) is 12.3 Å². The van der Waals surface area contributed by atoms with Crippen LogP contribution in [0.25, 0.3) is 0 Å². The van der Waals surface area contributed by atoms with Crippen molar-refractivity contribution in [1.29, 1.82) is 0 Å². The van der Waals surface area contributed by atoms with E-state index in [0.717, 1.165) is 38.5 Å². The molecule has 0 aliphatic carbocycles. The van der Waals surface area contributed by atoms with Crippen LogP contribution in [-0.2, 0) is 38.5 Å². The second-order valence-electron chi connectivity index (χ2n) is 11.1. The minimum absolute atomic E-state index is 0.375. The summed E-state index contributed by atoms with van der Waals surface area (Å²) in [5.74, 6) is 0. The lowest BCUT2D eigenvalue weighted by molar-refractivity contribution is 0.378. The molecular formula is C33H44. The van der Waals surface area contributed by atoms with Gasteiger partial charge in [-0.1, -0.05) is 102 Å². The van der Waals surface area contributed by atoms with E-state index < -0.39 is 0 Å². The summed E-state index contributed by atoms with van der Waals surface area (Å²) >= 11 is 0. The molecule has 0 nitrogen and oxygen atoms in total. The maximum absolute atomic E-state index is 2.46. The highest BCUT2D eigenvalue weighted by Gasteiger charge is 2.11. The number of hydrogen-bond donors (Lipinski definition) is 0. The molecule has 0 aliphatic rings. The summed E-state index contributed by atoms with van der Waals surface area (Å²) in [6.07, 6.45) is 7.71. The van der Waals surface area contributed by atoms with E-state index in [-0.39, 0.29) is 0 Å². The number of aryl methyl sites for hydroxylation is 5. The van der Waals surface area contributed by atoms with E-state index >= 15 is 0 Å². The Balaban J connectivity index is 1.87. The molecule has 33 heavy (non-hydrogen) atoms. The third-order valence-electron chi connectivity index (χ3n) is 6.63. The largest absolute Gasteiger partial charge is 0.0613 e. The second kappa shape index (κ2) is 11.2. The van der Waals surface area contributed by atoms with Crippen LogP contribution in [0.1, 0.15) is 98.0 Å². The van der Waals surface area contributed by atoms with Crippen LogP contribution in [0.15, 0.2) is 54.6 Å². The van der Waals surface area contributed by atoms with E-state index in [0.29, 0.717) is 5.41 Å². The Kier molecular flexibility index (Phi) is 8.57. The van der Waals surface area contributed by atoms with Gasteiger partial charge in [0.15, 0.2) is 0 Å². The predicted octanol–water partition coefficient (Wildman–Crippen LogP) is 8.84. The van der Waals surface area contributed by atoms with Gasteiger partial charge in [-0.15, -0.1) is 0 Å². The van der Waals surface area contributed by atoms with Crippen molar-refractivity contribution < 1.29 is 0 Å². The molecule has 176 valence electrons. The molecule has 3 rings (SSSR count). The summed E-state index contributed by atoms with van der Waals surface area (Å²) in [5, 5.41) is 0. The van der Waals surface area contributed by atoms with Crippen molar-refractivity contribution in [3.63, 3.8) is 0 Å². The summed E-state index contributed by atoms with van der Waals surface area (Å²) < 4.78 is 0. The smallest absolute Gasteiger partial charge is 0.00254 e. The average molecular weight is 441 g/mol. The molecular weight excluding hydrogens is 396 g/mol. The fourth-order valence-electron chi connectivity index (χ4n) is 4.78. The summed E-state index contributed by atoms with van der Waals surface area (Å²) in [6.45, 7) is 16.0. The summed E-state index contributed by atoms with van der Waals surface area (Å²) in [6, 6.07) is 21.6. The molecule has 0 unspecified atom stereocenters. The van der Waals surface area contributed by atoms with Crippen LogP contribution in [-0.4, -0.2) is 0 Å². The predicted molar refractivity (Wildman–Crippen MR) is 146 cm³/mol. The van der Waals surface area contributed by atoms with Gasteiger partial charge < -0.3 is 0 Å². The molecule has 0 saturated heterocycles. The first-order chi connectivity index (χ1) is 15.7. The van der Waals surface area contributed by atoms with Crippen molar-refractivity contribution >= 4 is 0 Å². The molecule has 0 fully saturated rings. The monoisotopic (exact) mass is 440 g/mol. The SMILES string of the molecule is CCc1cc(C)cc(Cc2cc(CC)cc(Cc3cc(CC)cc(CCC(C)(C)C)c3)c2)c1. The standard InChI is InChI=1S/C33H44/c1-8-25-13-24(4)14-29(16-25)21-31-18-27(10-3)19-32(23-31)22-30-17-26(9-2)15-28(20-30)11-12-33(5,6)7/h13-20,23H,8-12,21-22H2,1-7H3. The lowest BCUT2D eigenvalue weighted by Crippen LogP contribution is -2.07. The van der Waals surface area contributed by atoms with Gasteiger partial charge in [0.2, 0.25) is 0 Å². The van der Waals surface area contributed by atoms with Crippen molar-refractivity contribution in [2.24, 2.45) is 5.41 Å². The highest BCUT2D eigenvalue weighted by Crippen LogP contribution is 2.25. The van der Waals surface area contributed by atoms with Crippen LogP contribution in [0.4, 0.5) is 0 Å². The molecule has 0 radical (unpaired) electrons. The van der Waals surface area contributed by atoms with E-state index in [2.05, 4.69) is 103 Å². The molecule has 3 aromatic rings. The zero-order valence-electron chi connectivity index (χ0n) is 22.1. The van der Waals surface area contributed by atoms with Crippen molar-refractivity contribution in [3.05, 3.63) is 105 Å². The summed E-state index contributed by atoms with van der Waals surface area (Å²) in [5.41, 5.74) is 13.4. The van der Waals surface area contributed by atoms with Gasteiger partial charge in [0.05, 0.1) is 0 Å². The Morgan fingerprint density at radius 1 is 0.485 bits per heavy atom. The van der Waals surface area contributed by atoms with Gasteiger partial charge in [-0.05, 0) is 102 Å². The maximum Gasteiger partial charge on any atom is -0.00254 e. The topological polar surface area (TPSA) is 0 Å². The van der Waals surface area contributed by atoms with Crippen molar-refractivity contribution in [2.75, 3.05) is 0 Å². The van der Waals surface area contributed by atoms with Gasteiger partial charge in [0, 0.05) is 0 Å². The molecule has 0 bridgehead atoms. The van der Waals surface area contributed by atoms with Crippen molar-refractivity contribution in [1.82, 2.24) is 0 Å². The quantitative estimate of drug-likeness (QED) is 0.312. The highest BCUT2D eigenvalue weighted by atomic mass is 14.2. The number of benzene rings is 3. The Morgan fingerprint density at radius 3 is 1.27 bits per heavy atom. The van der Waals surface area contributed by atoms with Gasteiger partial charge in [0.1, 0.15) is 0 Å². The van der Waals surface area contributed by atoms with Gasteiger partial charge in [-0.3, -0.25) is 0 Å². The van der Waals surface area contributed by atoms with E-state index in [1.165, 1.54) is 56.5 Å². The molecule has 0 heterocycles. The minimum atomic E-state index is 0.375. The molecule has 0 atom stereocenters. The van der Waals surface area contributed by atoms with Crippen LogP contribution in [0.3, 0.4) is 0 Å². The Morgan fingerprint density at radius 2 is 0.818 bits per heavy atom. The molecule has 0 aliphatic heterocycles. The van der Waals surface area contributed by atoms with E-state index in [1.54, 1.807) is 0 Å². The fourth-order valence-corrected chi connectivity index (χ4v) is 4.78.